The van der Waals surface area contributed by atoms with Crippen LogP contribution in [-0.2, 0) is 9.59 Å². The zero-order chi connectivity index (χ0) is 17.8. The number of halogens is 1. The molecule has 1 saturated heterocycles. The van der Waals surface area contributed by atoms with E-state index in [1.807, 2.05) is 12.1 Å². The minimum Gasteiger partial charge on any atom is -0.333 e. The Hall–Kier alpha value is -2.47. The predicted molar refractivity (Wildman–Crippen MR) is 93.9 cm³/mol. The van der Waals surface area contributed by atoms with Crippen molar-refractivity contribution in [2.75, 3.05) is 20.1 Å². The van der Waals surface area contributed by atoms with E-state index in [1.54, 1.807) is 47.6 Å². The number of rotatable bonds is 5. The molecule has 1 atom stereocenters. The highest BCUT2D eigenvalue weighted by molar-refractivity contribution is 6.30. The third kappa shape index (κ3) is 3.96. The number of aromatic nitrogens is 2. The molecule has 7 heteroatoms. The van der Waals surface area contributed by atoms with Crippen LogP contribution in [0.3, 0.4) is 0 Å². The van der Waals surface area contributed by atoms with Crippen molar-refractivity contribution in [2.24, 2.45) is 0 Å². The molecule has 1 fully saturated rings. The molecule has 130 valence electrons. The fourth-order valence-electron chi connectivity index (χ4n) is 2.98. The Balaban J connectivity index is 1.86. The second-order valence-electron chi connectivity index (χ2n) is 6.01. The molecule has 0 bridgehead atoms. The Morgan fingerprint density at radius 1 is 1.32 bits per heavy atom. The third-order valence-electron chi connectivity index (χ3n) is 4.33. The van der Waals surface area contributed by atoms with Crippen LogP contribution in [0, 0.1) is 0 Å². The van der Waals surface area contributed by atoms with E-state index >= 15 is 0 Å². The zero-order valence-corrected chi connectivity index (χ0v) is 14.7. The fraction of sp³-hybridized carbons (Fsp3) is 0.333. The van der Waals surface area contributed by atoms with Crippen LogP contribution in [0.15, 0.2) is 42.9 Å². The van der Waals surface area contributed by atoms with Gasteiger partial charge >= 0.3 is 0 Å². The zero-order valence-electron chi connectivity index (χ0n) is 13.9. The van der Waals surface area contributed by atoms with Crippen LogP contribution in [0.2, 0.25) is 5.02 Å². The number of nitrogens with zero attached hydrogens (tertiary/aromatic N) is 4. The van der Waals surface area contributed by atoms with Gasteiger partial charge in [0.25, 0.3) is 0 Å². The lowest BCUT2D eigenvalue weighted by Crippen LogP contribution is -2.41. The van der Waals surface area contributed by atoms with Gasteiger partial charge in [0.1, 0.15) is 6.04 Å². The molecule has 6 nitrogen and oxygen atoms in total. The topological polar surface area (TPSA) is 66.4 Å². The molecule has 0 aliphatic carbocycles. The van der Waals surface area contributed by atoms with Gasteiger partial charge in [-0.2, -0.15) is 0 Å². The molecule has 0 saturated carbocycles. The van der Waals surface area contributed by atoms with Gasteiger partial charge in [-0.15, -0.1) is 0 Å². The smallest absolute Gasteiger partial charge is 0.242 e. The summed E-state index contributed by atoms with van der Waals surface area (Å²) in [5.74, 6) is -0.106. The van der Waals surface area contributed by atoms with Crippen molar-refractivity contribution < 1.29 is 9.59 Å². The second-order valence-corrected chi connectivity index (χ2v) is 6.44. The lowest BCUT2D eigenvalue weighted by Gasteiger charge is -2.29. The van der Waals surface area contributed by atoms with Crippen molar-refractivity contribution in [2.45, 2.75) is 18.9 Å². The molecule has 1 aromatic heterocycles. The van der Waals surface area contributed by atoms with Gasteiger partial charge in [0.05, 0.1) is 18.4 Å². The maximum Gasteiger partial charge on any atom is 0.242 e. The number of hydrogen-bond acceptors (Lipinski definition) is 4. The lowest BCUT2D eigenvalue weighted by atomic mass is 10.0. The minimum atomic E-state index is -0.392. The van der Waals surface area contributed by atoms with Gasteiger partial charge in [-0.3, -0.25) is 19.6 Å². The summed E-state index contributed by atoms with van der Waals surface area (Å²) in [6.07, 6.45) is 6.15. The van der Waals surface area contributed by atoms with Crippen molar-refractivity contribution in [1.82, 2.24) is 19.8 Å². The van der Waals surface area contributed by atoms with Crippen molar-refractivity contribution in [1.29, 1.82) is 0 Å². The van der Waals surface area contributed by atoms with E-state index in [9.17, 15) is 9.59 Å². The monoisotopic (exact) mass is 358 g/mol. The van der Waals surface area contributed by atoms with Crippen molar-refractivity contribution in [3.63, 3.8) is 0 Å². The largest absolute Gasteiger partial charge is 0.333 e. The Morgan fingerprint density at radius 2 is 2.08 bits per heavy atom. The molecule has 2 amide bonds. The standard InChI is InChI=1S/C18H19ClN4O2/c1-22(17(25)12-23-10-2-3-16(23)24)18(15-11-20-8-9-21-15)13-4-6-14(19)7-5-13/h4-9,11,18H,2-3,10,12H2,1H3. The van der Waals surface area contributed by atoms with Crippen LogP contribution in [0.5, 0.6) is 0 Å². The predicted octanol–water partition coefficient (Wildman–Crippen LogP) is 2.30. The summed E-state index contributed by atoms with van der Waals surface area (Å²) in [5.41, 5.74) is 1.54. The van der Waals surface area contributed by atoms with Gasteiger partial charge in [0, 0.05) is 37.4 Å². The maximum absolute atomic E-state index is 12.8. The Labute approximate surface area is 151 Å². The van der Waals surface area contributed by atoms with Crippen molar-refractivity contribution in [3.8, 4) is 0 Å². The van der Waals surface area contributed by atoms with E-state index in [1.165, 1.54) is 0 Å². The van der Waals surface area contributed by atoms with Crippen molar-refractivity contribution >= 4 is 23.4 Å². The maximum atomic E-state index is 12.8. The third-order valence-corrected chi connectivity index (χ3v) is 4.58. The van der Waals surface area contributed by atoms with Gasteiger partial charge in [-0.1, -0.05) is 23.7 Å². The van der Waals surface area contributed by atoms with Crippen LogP contribution in [0.1, 0.15) is 30.1 Å². The molecule has 0 spiro atoms. The first-order valence-corrected chi connectivity index (χ1v) is 8.49. The minimum absolute atomic E-state index is 0.0318. The number of benzene rings is 1. The van der Waals surface area contributed by atoms with E-state index in [-0.39, 0.29) is 18.4 Å². The molecule has 0 N–H and O–H groups in total. The molecule has 2 heterocycles. The van der Waals surface area contributed by atoms with E-state index in [0.717, 1.165) is 12.0 Å². The van der Waals surface area contributed by atoms with Crippen LogP contribution in [-0.4, -0.2) is 51.7 Å². The van der Waals surface area contributed by atoms with Gasteiger partial charge in [-0.25, -0.2) is 0 Å². The molecular formula is C18H19ClN4O2. The number of carbonyl (C=O) groups excluding carboxylic acids is 2. The molecule has 1 aliphatic rings. The summed E-state index contributed by atoms with van der Waals surface area (Å²) in [6.45, 7) is 0.717. The summed E-state index contributed by atoms with van der Waals surface area (Å²) in [7, 11) is 1.72. The summed E-state index contributed by atoms with van der Waals surface area (Å²) in [4.78, 5) is 36.2. The first-order valence-electron chi connectivity index (χ1n) is 8.11. The lowest BCUT2D eigenvalue weighted by molar-refractivity contribution is -0.138. The number of likely N-dealkylation sites (N-methyl/N-ethyl adjacent to an activating group) is 1. The van der Waals surface area contributed by atoms with Gasteiger partial charge in [-0.05, 0) is 24.1 Å². The van der Waals surface area contributed by atoms with E-state index in [2.05, 4.69) is 9.97 Å². The Morgan fingerprint density at radius 3 is 2.68 bits per heavy atom. The Kier molecular flexibility index (Phi) is 5.28. The number of carbonyl (C=O) groups is 2. The van der Waals surface area contributed by atoms with E-state index < -0.39 is 6.04 Å². The molecule has 25 heavy (non-hydrogen) atoms. The van der Waals surface area contributed by atoms with Crippen LogP contribution >= 0.6 is 11.6 Å². The normalized spacial score (nSPS) is 15.3. The quantitative estimate of drug-likeness (QED) is 0.822. The highest BCUT2D eigenvalue weighted by atomic mass is 35.5. The molecule has 1 aromatic carbocycles. The van der Waals surface area contributed by atoms with E-state index in [0.29, 0.717) is 23.7 Å². The van der Waals surface area contributed by atoms with Crippen molar-refractivity contribution in [3.05, 3.63) is 59.1 Å². The average Bonchev–Trinajstić information content (AvgIpc) is 3.02. The molecule has 2 aromatic rings. The van der Waals surface area contributed by atoms with E-state index in [4.69, 9.17) is 11.6 Å². The highest BCUT2D eigenvalue weighted by Crippen LogP contribution is 2.27. The first-order chi connectivity index (χ1) is 12.1. The molecular weight excluding hydrogens is 340 g/mol. The molecule has 1 unspecified atom stereocenters. The van der Waals surface area contributed by atoms with Crippen LogP contribution in [0.25, 0.3) is 0 Å². The van der Waals surface area contributed by atoms with Gasteiger partial charge in [0.2, 0.25) is 11.8 Å². The van der Waals surface area contributed by atoms with Gasteiger partial charge in [0.15, 0.2) is 0 Å². The molecule has 3 rings (SSSR count). The highest BCUT2D eigenvalue weighted by Gasteiger charge is 2.29. The van der Waals surface area contributed by atoms with Gasteiger partial charge < -0.3 is 9.80 Å². The molecule has 1 aliphatic heterocycles. The SMILES string of the molecule is CN(C(=O)CN1CCCC1=O)C(c1ccc(Cl)cc1)c1cnccn1. The fourth-order valence-corrected chi connectivity index (χ4v) is 3.11. The summed E-state index contributed by atoms with van der Waals surface area (Å²) in [6, 6.07) is 6.90. The summed E-state index contributed by atoms with van der Waals surface area (Å²) >= 11 is 5.98. The Bertz CT molecular complexity index is 751. The first kappa shape index (κ1) is 17.4. The van der Waals surface area contributed by atoms with Crippen LogP contribution < -0.4 is 0 Å². The van der Waals surface area contributed by atoms with Crippen LogP contribution in [0.4, 0.5) is 0 Å². The number of hydrogen-bond donors (Lipinski definition) is 0. The summed E-state index contributed by atoms with van der Waals surface area (Å²) in [5, 5.41) is 0.623. The number of amides is 2. The second kappa shape index (κ2) is 7.61. The average molecular weight is 359 g/mol. The summed E-state index contributed by atoms with van der Waals surface area (Å²) < 4.78 is 0. The molecule has 0 radical (unpaired) electrons. The number of likely N-dealkylation sites (tertiary alicyclic amines) is 1.